The first-order valence-corrected chi connectivity index (χ1v) is 12.0. The molecule has 133 valence electrons. The second kappa shape index (κ2) is 7.64. The molecule has 3 heteroatoms. The molecular weight excluding hydrogens is 487 g/mol. The van der Waals surface area contributed by atoms with Gasteiger partial charge in [-0.15, -0.1) is 35.4 Å². The van der Waals surface area contributed by atoms with Gasteiger partial charge in [0.05, 0.1) is 8.07 Å². The van der Waals surface area contributed by atoms with Crippen LogP contribution in [0.15, 0.2) is 30.5 Å². The number of rotatable bonds is 3. The van der Waals surface area contributed by atoms with Gasteiger partial charge in [0.1, 0.15) is 0 Å². The first-order valence-electron chi connectivity index (χ1n) is 8.53. The molecule has 0 fully saturated rings. The largest absolute Gasteiger partial charge is 0.305 e. The van der Waals surface area contributed by atoms with Gasteiger partial charge >= 0.3 is 0 Å². The van der Waals surface area contributed by atoms with Gasteiger partial charge in [0.2, 0.25) is 0 Å². The summed E-state index contributed by atoms with van der Waals surface area (Å²) in [6, 6.07) is 12.1. The second-order valence-corrected chi connectivity index (χ2v) is 13.8. The van der Waals surface area contributed by atoms with Gasteiger partial charge < -0.3 is 4.98 Å². The van der Waals surface area contributed by atoms with E-state index in [0.717, 1.165) is 11.3 Å². The van der Waals surface area contributed by atoms with Gasteiger partial charge in [-0.1, -0.05) is 65.9 Å². The number of pyridine rings is 1. The third kappa shape index (κ3) is 4.87. The zero-order valence-electron chi connectivity index (χ0n) is 16.2. The summed E-state index contributed by atoms with van der Waals surface area (Å²) in [5.74, 6) is 0.518. The number of nitrogens with zero attached hydrogens (tertiary/aromatic N) is 1. The van der Waals surface area contributed by atoms with Gasteiger partial charge in [-0.3, -0.25) is 0 Å². The number of hydrogen-bond acceptors (Lipinski definition) is 1. The van der Waals surface area contributed by atoms with Gasteiger partial charge in [0, 0.05) is 26.3 Å². The SMILES string of the molecule is CC(C)c1cc(-c2[c-]ccc(C(C)(C)C)c2)ncc1[Si](C)(C)C.[Ir]. The zero-order chi connectivity index (χ0) is 17.4. The fourth-order valence-electron chi connectivity index (χ4n) is 2.80. The smallest absolute Gasteiger partial charge is 0.0799 e. The summed E-state index contributed by atoms with van der Waals surface area (Å²) in [6.45, 7) is 18.5. The molecule has 0 aliphatic carbocycles. The van der Waals surface area contributed by atoms with E-state index in [-0.39, 0.29) is 25.5 Å². The molecule has 24 heavy (non-hydrogen) atoms. The predicted molar refractivity (Wildman–Crippen MR) is 104 cm³/mol. The fourth-order valence-corrected chi connectivity index (χ4v) is 4.48. The Morgan fingerprint density at radius 1 is 1.08 bits per heavy atom. The molecular formula is C21H30IrNSi-. The summed E-state index contributed by atoms with van der Waals surface area (Å²) in [7, 11) is -1.38. The van der Waals surface area contributed by atoms with E-state index in [4.69, 9.17) is 4.98 Å². The molecule has 0 aliphatic rings. The molecule has 1 aromatic carbocycles. The van der Waals surface area contributed by atoms with Crippen LogP contribution in [0.25, 0.3) is 11.3 Å². The van der Waals surface area contributed by atoms with Gasteiger partial charge in [-0.05, 0) is 22.2 Å². The van der Waals surface area contributed by atoms with Crippen LogP contribution >= 0.6 is 0 Å². The van der Waals surface area contributed by atoms with Crippen LogP contribution in [-0.2, 0) is 25.5 Å². The molecule has 0 unspecified atom stereocenters. The Bertz CT molecular complexity index is 694. The first-order chi connectivity index (χ1) is 10.5. The van der Waals surface area contributed by atoms with Crippen molar-refractivity contribution in [2.75, 3.05) is 0 Å². The minimum absolute atomic E-state index is 0. The average Bonchev–Trinajstić information content (AvgIpc) is 2.45. The minimum Gasteiger partial charge on any atom is -0.305 e. The standard InChI is InChI=1S/C21H30NSi.Ir/c1-15(2)18-13-19(22-14-20(18)23(6,7)8)16-10-9-11-17(12-16)21(3,4)5;/h9,11-15H,1-8H3;/q-1;. The van der Waals surface area contributed by atoms with Gasteiger partial charge in [0.15, 0.2) is 0 Å². The molecule has 0 atom stereocenters. The summed E-state index contributed by atoms with van der Waals surface area (Å²) < 4.78 is 0. The summed E-state index contributed by atoms with van der Waals surface area (Å²) in [4.78, 5) is 4.79. The number of aromatic nitrogens is 1. The van der Waals surface area contributed by atoms with Gasteiger partial charge in [-0.2, -0.15) is 0 Å². The van der Waals surface area contributed by atoms with Crippen molar-refractivity contribution < 1.29 is 20.1 Å². The van der Waals surface area contributed by atoms with Crippen LogP contribution < -0.4 is 5.19 Å². The van der Waals surface area contributed by atoms with E-state index < -0.39 is 8.07 Å². The van der Waals surface area contributed by atoms with Crippen LogP contribution in [0, 0.1) is 6.07 Å². The quantitative estimate of drug-likeness (QED) is 0.387. The molecule has 0 saturated heterocycles. The molecule has 0 amide bonds. The maximum Gasteiger partial charge on any atom is 0.0799 e. The monoisotopic (exact) mass is 517 g/mol. The second-order valence-electron chi connectivity index (χ2n) is 8.80. The Morgan fingerprint density at radius 3 is 2.21 bits per heavy atom. The van der Waals surface area contributed by atoms with Crippen LogP contribution in [0.1, 0.15) is 51.7 Å². The maximum atomic E-state index is 4.79. The Labute approximate surface area is 162 Å². The number of hydrogen-bond donors (Lipinski definition) is 0. The van der Waals surface area contributed by atoms with E-state index in [0.29, 0.717) is 5.92 Å². The van der Waals surface area contributed by atoms with Crippen molar-refractivity contribution in [3.8, 4) is 11.3 Å². The van der Waals surface area contributed by atoms with Crippen molar-refractivity contribution in [2.24, 2.45) is 0 Å². The molecule has 1 nitrogen and oxygen atoms in total. The topological polar surface area (TPSA) is 12.9 Å². The first kappa shape index (κ1) is 21.3. The summed E-state index contributed by atoms with van der Waals surface area (Å²) in [5.41, 5.74) is 5.06. The molecule has 0 aliphatic heterocycles. The number of benzene rings is 1. The third-order valence-electron chi connectivity index (χ3n) is 4.31. The van der Waals surface area contributed by atoms with Crippen molar-refractivity contribution in [1.82, 2.24) is 4.98 Å². The van der Waals surface area contributed by atoms with Gasteiger partial charge in [-0.25, -0.2) is 0 Å². The molecule has 0 bridgehead atoms. The molecule has 0 saturated carbocycles. The predicted octanol–water partition coefficient (Wildman–Crippen LogP) is 5.51. The average molecular weight is 517 g/mol. The van der Waals surface area contributed by atoms with E-state index in [9.17, 15) is 0 Å². The molecule has 2 rings (SSSR count). The molecule has 1 aromatic heterocycles. The molecule has 0 N–H and O–H groups in total. The molecule has 1 radical (unpaired) electrons. The van der Waals surface area contributed by atoms with Crippen LogP contribution in [0.4, 0.5) is 0 Å². The van der Waals surface area contributed by atoms with E-state index >= 15 is 0 Å². The van der Waals surface area contributed by atoms with Crippen molar-refractivity contribution in [2.45, 2.75) is 65.6 Å². The molecule has 0 spiro atoms. The zero-order valence-corrected chi connectivity index (χ0v) is 19.6. The fraction of sp³-hybridized carbons (Fsp3) is 0.476. The van der Waals surface area contributed by atoms with E-state index in [1.807, 2.05) is 6.07 Å². The minimum atomic E-state index is -1.38. The van der Waals surface area contributed by atoms with Crippen LogP contribution in [0.3, 0.4) is 0 Å². The Kier molecular flexibility index (Phi) is 6.77. The molecule has 1 heterocycles. The van der Waals surface area contributed by atoms with Crippen molar-refractivity contribution in [3.05, 3.63) is 47.7 Å². The Balaban J connectivity index is 0.00000288. The Hall–Kier alpha value is -0.764. The summed E-state index contributed by atoms with van der Waals surface area (Å²) in [6.07, 6.45) is 2.12. The van der Waals surface area contributed by atoms with E-state index in [1.54, 1.807) is 0 Å². The third-order valence-corrected chi connectivity index (χ3v) is 6.34. The summed E-state index contributed by atoms with van der Waals surface area (Å²) >= 11 is 0. The maximum absolute atomic E-state index is 4.79. The van der Waals surface area contributed by atoms with E-state index in [2.05, 4.69) is 84.7 Å². The Morgan fingerprint density at radius 2 is 1.71 bits per heavy atom. The molecule has 2 aromatic rings. The van der Waals surface area contributed by atoms with Crippen LogP contribution in [0.2, 0.25) is 19.6 Å². The van der Waals surface area contributed by atoms with Crippen molar-refractivity contribution in [1.29, 1.82) is 0 Å². The van der Waals surface area contributed by atoms with E-state index in [1.165, 1.54) is 16.3 Å². The summed E-state index contributed by atoms with van der Waals surface area (Å²) in [5, 5.41) is 1.48. The van der Waals surface area contributed by atoms with Crippen molar-refractivity contribution in [3.63, 3.8) is 0 Å². The van der Waals surface area contributed by atoms with Gasteiger partial charge in [0.25, 0.3) is 0 Å². The van der Waals surface area contributed by atoms with Crippen LogP contribution in [-0.4, -0.2) is 13.1 Å². The van der Waals surface area contributed by atoms with Crippen molar-refractivity contribution >= 4 is 13.3 Å². The van der Waals surface area contributed by atoms with Crippen LogP contribution in [0.5, 0.6) is 0 Å². The normalized spacial score (nSPS) is 12.2.